The number of unbranched alkanes of at least 4 members (excludes halogenated alkanes) is 2. The van der Waals surface area contributed by atoms with Crippen LogP contribution in [-0.2, 0) is 9.59 Å². The van der Waals surface area contributed by atoms with Crippen LogP contribution in [0.15, 0.2) is 18.2 Å². The minimum Gasteiger partial charge on any atom is -0.484 e. The highest BCUT2D eigenvalue weighted by Crippen LogP contribution is 2.39. The van der Waals surface area contributed by atoms with E-state index in [1.807, 2.05) is 20.8 Å². The van der Waals surface area contributed by atoms with Crippen molar-refractivity contribution in [2.45, 2.75) is 105 Å². The highest BCUT2D eigenvalue weighted by molar-refractivity contribution is 5.77. The third kappa shape index (κ3) is 12.4. The molecule has 0 aliphatic heterocycles. The molecule has 0 amide bonds. The fourth-order valence-corrected chi connectivity index (χ4v) is 3.07. The van der Waals surface area contributed by atoms with E-state index in [0.29, 0.717) is 30.4 Å². The maximum Gasteiger partial charge on any atom is 0.311 e. The molecule has 0 saturated carbocycles. The number of hydrogen-bond acceptors (Lipinski definition) is 5. The van der Waals surface area contributed by atoms with E-state index in [2.05, 4.69) is 27.7 Å². The number of carbonyl (C=O) groups excluding carboxylic acids is 2. The number of carbonyl (C=O) groups is 2. The van der Waals surface area contributed by atoms with Gasteiger partial charge in [-0.3, -0.25) is 9.59 Å². The predicted octanol–water partition coefficient (Wildman–Crippen LogP) is 7.11. The Morgan fingerprint density at radius 1 is 0.774 bits per heavy atom. The Hall–Kier alpha value is -2.04. The predicted molar refractivity (Wildman–Crippen MR) is 125 cm³/mol. The Morgan fingerprint density at radius 3 is 1.74 bits per heavy atom. The summed E-state index contributed by atoms with van der Waals surface area (Å²) in [5.74, 6) is 1.37. The zero-order valence-corrected chi connectivity index (χ0v) is 20.6. The van der Waals surface area contributed by atoms with Crippen LogP contribution in [0.4, 0.5) is 0 Å². The van der Waals surface area contributed by atoms with Crippen molar-refractivity contribution in [1.29, 1.82) is 0 Å². The van der Waals surface area contributed by atoms with E-state index in [-0.39, 0.29) is 23.4 Å². The molecule has 31 heavy (non-hydrogen) atoms. The van der Waals surface area contributed by atoms with Gasteiger partial charge in [0.1, 0.15) is 5.60 Å². The van der Waals surface area contributed by atoms with E-state index in [0.717, 1.165) is 38.5 Å². The number of rotatable bonds is 13. The first kappa shape index (κ1) is 27.0. The zero-order chi connectivity index (χ0) is 23.4. The molecule has 0 heterocycles. The maximum atomic E-state index is 12.5. The van der Waals surface area contributed by atoms with Gasteiger partial charge in [0, 0.05) is 12.8 Å². The topological polar surface area (TPSA) is 61.8 Å². The first-order chi connectivity index (χ1) is 14.5. The molecule has 0 N–H and O–H groups in total. The Bertz CT molecular complexity index is 686. The highest BCUT2D eigenvalue weighted by atomic mass is 16.6. The number of hydrogen-bond donors (Lipinski definition) is 0. The van der Waals surface area contributed by atoms with E-state index in [4.69, 9.17) is 14.2 Å². The summed E-state index contributed by atoms with van der Waals surface area (Å²) >= 11 is 0. The van der Waals surface area contributed by atoms with Crippen LogP contribution in [0.3, 0.4) is 0 Å². The van der Waals surface area contributed by atoms with Crippen molar-refractivity contribution in [3.8, 4) is 17.2 Å². The summed E-state index contributed by atoms with van der Waals surface area (Å²) in [6.07, 6.45) is 6.32. The van der Waals surface area contributed by atoms with Crippen molar-refractivity contribution in [3.63, 3.8) is 0 Å². The molecule has 1 aromatic carbocycles. The second kappa shape index (κ2) is 13.4. The molecule has 0 radical (unpaired) electrons. The lowest BCUT2D eigenvalue weighted by molar-refractivity contribution is -0.137. The summed E-state index contributed by atoms with van der Waals surface area (Å²) in [5.41, 5.74) is -0.488. The van der Waals surface area contributed by atoms with Crippen molar-refractivity contribution in [3.05, 3.63) is 18.2 Å². The van der Waals surface area contributed by atoms with Gasteiger partial charge in [-0.15, -0.1) is 0 Å². The Balaban J connectivity index is 2.85. The zero-order valence-electron chi connectivity index (χ0n) is 20.6. The van der Waals surface area contributed by atoms with Gasteiger partial charge in [-0.1, -0.05) is 59.4 Å². The van der Waals surface area contributed by atoms with Crippen LogP contribution in [0.5, 0.6) is 17.2 Å². The van der Waals surface area contributed by atoms with Gasteiger partial charge in [0.25, 0.3) is 0 Å². The van der Waals surface area contributed by atoms with Gasteiger partial charge >= 0.3 is 11.9 Å². The number of para-hydroxylation sites is 1. The molecule has 0 aliphatic carbocycles. The van der Waals surface area contributed by atoms with Gasteiger partial charge in [0.05, 0.1) is 0 Å². The van der Waals surface area contributed by atoms with Crippen LogP contribution in [0.1, 0.15) is 99.8 Å². The van der Waals surface area contributed by atoms with Crippen molar-refractivity contribution >= 4 is 11.9 Å². The molecule has 0 atom stereocenters. The van der Waals surface area contributed by atoms with Crippen molar-refractivity contribution in [1.82, 2.24) is 0 Å². The van der Waals surface area contributed by atoms with Crippen molar-refractivity contribution in [2.24, 2.45) is 11.8 Å². The van der Waals surface area contributed by atoms with Crippen LogP contribution >= 0.6 is 0 Å². The highest BCUT2D eigenvalue weighted by Gasteiger charge is 2.22. The third-order valence-corrected chi connectivity index (χ3v) is 4.62. The summed E-state index contributed by atoms with van der Waals surface area (Å²) < 4.78 is 17.2. The molecule has 1 rings (SSSR count). The normalized spacial score (nSPS) is 11.6. The molecule has 1 aromatic rings. The largest absolute Gasteiger partial charge is 0.484 e. The van der Waals surface area contributed by atoms with Crippen LogP contribution in [0.25, 0.3) is 0 Å². The van der Waals surface area contributed by atoms with Gasteiger partial charge in [0.15, 0.2) is 11.5 Å². The fraction of sp³-hybridized carbons (Fsp3) is 0.692. The Kier molecular flexibility index (Phi) is 11.7. The van der Waals surface area contributed by atoms with Gasteiger partial charge < -0.3 is 14.2 Å². The van der Waals surface area contributed by atoms with Crippen molar-refractivity contribution < 1.29 is 23.8 Å². The first-order valence-corrected chi connectivity index (χ1v) is 11.7. The quantitative estimate of drug-likeness (QED) is 0.188. The second-order valence-corrected chi connectivity index (χ2v) is 10.0. The average molecular weight is 435 g/mol. The molecular formula is C26H42O5. The van der Waals surface area contributed by atoms with Gasteiger partial charge in [-0.25, -0.2) is 0 Å². The molecule has 0 unspecified atom stereocenters. The summed E-state index contributed by atoms with van der Waals surface area (Å²) in [4.78, 5) is 24.8. The van der Waals surface area contributed by atoms with Gasteiger partial charge in [0.2, 0.25) is 5.75 Å². The smallest absolute Gasteiger partial charge is 0.311 e. The third-order valence-electron chi connectivity index (χ3n) is 4.62. The van der Waals surface area contributed by atoms with E-state index in [1.54, 1.807) is 18.2 Å². The molecule has 0 spiro atoms. The van der Waals surface area contributed by atoms with Gasteiger partial charge in [-0.2, -0.15) is 0 Å². The second-order valence-electron chi connectivity index (χ2n) is 10.0. The number of esters is 2. The average Bonchev–Trinajstić information content (AvgIpc) is 2.63. The van der Waals surface area contributed by atoms with E-state index in [9.17, 15) is 9.59 Å². The molecule has 0 bridgehead atoms. The summed E-state index contributed by atoms with van der Waals surface area (Å²) in [6.45, 7) is 14.4. The number of benzene rings is 1. The maximum absolute atomic E-state index is 12.5. The molecule has 0 aromatic heterocycles. The van der Waals surface area contributed by atoms with E-state index >= 15 is 0 Å². The Labute approximate surface area is 188 Å². The van der Waals surface area contributed by atoms with Crippen molar-refractivity contribution in [2.75, 3.05) is 0 Å². The van der Waals surface area contributed by atoms with Crippen LogP contribution in [0, 0.1) is 11.8 Å². The van der Waals surface area contributed by atoms with Crippen LogP contribution < -0.4 is 14.2 Å². The van der Waals surface area contributed by atoms with Crippen LogP contribution in [-0.4, -0.2) is 17.5 Å². The molecule has 5 nitrogen and oxygen atoms in total. The summed E-state index contributed by atoms with van der Waals surface area (Å²) in [6, 6.07) is 5.11. The lowest BCUT2D eigenvalue weighted by Crippen LogP contribution is -2.24. The molecular weight excluding hydrogens is 392 g/mol. The standard InChI is InChI=1S/C26H42O5/c1-19(2)13-8-10-17-23(27)29-21-15-12-16-22(31-26(5,6)7)25(21)30-24(28)18-11-9-14-20(3)4/h12,15-16,19-20H,8-11,13-14,17-18H2,1-7H3. The molecule has 176 valence electrons. The monoisotopic (exact) mass is 434 g/mol. The fourth-order valence-electron chi connectivity index (χ4n) is 3.07. The lowest BCUT2D eigenvalue weighted by Gasteiger charge is -2.23. The first-order valence-electron chi connectivity index (χ1n) is 11.7. The molecule has 0 saturated heterocycles. The summed E-state index contributed by atoms with van der Waals surface area (Å²) in [7, 11) is 0. The Morgan fingerprint density at radius 2 is 1.26 bits per heavy atom. The SMILES string of the molecule is CC(C)CCCCC(=O)Oc1cccc(OC(C)(C)C)c1OC(=O)CCCCC(C)C. The molecule has 0 fully saturated rings. The minimum absolute atomic E-state index is 0.182. The van der Waals surface area contributed by atoms with Gasteiger partial charge in [-0.05, 0) is 57.6 Å². The van der Waals surface area contributed by atoms with Crippen LogP contribution in [0.2, 0.25) is 0 Å². The minimum atomic E-state index is -0.488. The summed E-state index contributed by atoms with van der Waals surface area (Å²) in [5, 5.41) is 0. The van der Waals surface area contributed by atoms with E-state index in [1.165, 1.54) is 0 Å². The molecule has 0 aliphatic rings. The van der Waals surface area contributed by atoms with E-state index < -0.39 is 5.60 Å². The number of ether oxygens (including phenoxy) is 3. The lowest BCUT2D eigenvalue weighted by atomic mass is 10.1. The molecule has 5 heteroatoms.